The van der Waals surface area contributed by atoms with Crippen molar-refractivity contribution in [2.75, 3.05) is 33.3 Å². The molecule has 1 aromatic carbocycles. The van der Waals surface area contributed by atoms with Gasteiger partial charge in [-0.05, 0) is 18.6 Å². The van der Waals surface area contributed by atoms with E-state index in [1.807, 2.05) is 12.1 Å². The molecule has 1 fully saturated rings. The summed E-state index contributed by atoms with van der Waals surface area (Å²) in [5, 5.41) is 3.31. The molecule has 0 unspecified atom stereocenters. The Morgan fingerprint density at radius 2 is 2.05 bits per heavy atom. The van der Waals surface area contributed by atoms with Gasteiger partial charge in [0.1, 0.15) is 11.6 Å². The topological polar surface area (TPSA) is 24.5 Å². The van der Waals surface area contributed by atoms with Gasteiger partial charge in [0.25, 0.3) is 0 Å². The average molecular weight is 337 g/mol. The standard InChI is InChI=1S/C15H21FN2O.2ClH/c1-3-5-13(18-10-8-17-9-11-18)15-12(16)6-4-7-14(15)19-2;;/h3-4,6-7,13,17H,1,5,8-11H2,2H3;2*1H/t13-;;/m1../s1. The molecular formula is C15H23Cl2FN2O. The molecule has 6 heteroatoms. The van der Waals surface area contributed by atoms with Crippen LogP contribution in [0.1, 0.15) is 18.0 Å². The number of halogens is 3. The Kier molecular flexibility index (Phi) is 9.62. The SMILES string of the molecule is C=CC[C@H](c1c(F)cccc1OC)N1CCNCC1.Cl.Cl. The lowest BCUT2D eigenvalue weighted by molar-refractivity contribution is 0.168. The van der Waals surface area contributed by atoms with E-state index in [1.165, 1.54) is 6.07 Å². The van der Waals surface area contributed by atoms with Crippen molar-refractivity contribution in [3.05, 3.63) is 42.2 Å². The first-order valence-electron chi connectivity index (χ1n) is 6.66. The maximum atomic E-state index is 14.2. The van der Waals surface area contributed by atoms with Gasteiger partial charge in [-0.25, -0.2) is 4.39 Å². The number of methoxy groups -OCH3 is 1. The van der Waals surface area contributed by atoms with E-state index in [1.54, 1.807) is 13.2 Å². The fourth-order valence-electron chi connectivity index (χ4n) is 2.62. The van der Waals surface area contributed by atoms with E-state index in [2.05, 4.69) is 16.8 Å². The predicted octanol–water partition coefficient (Wildman–Crippen LogP) is 3.20. The van der Waals surface area contributed by atoms with Gasteiger partial charge in [0.05, 0.1) is 7.11 Å². The highest BCUT2D eigenvalue weighted by atomic mass is 35.5. The van der Waals surface area contributed by atoms with Gasteiger partial charge in [0.15, 0.2) is 0 Å². The number of piperazine rings is 1. The zero-order valence-electron chi connectivity index (χ0n) is 12.2. The molecule has 1 heterocycles. The molecule has 1 aliphatic heterocycles. The number of rotatable bonds is 5. The van der Waals surface area contributed by atoms with Crippen molar-refractivity contribution in [1.82, 2.24) is 10.2 Å². The number of hydrogen-bond acceptors (Lipinski definition) is 3. The summed E-state index contributed by atoms with van der Waals surface area (Å²) in [7, 11) is 1.58. The van der Waals surface area contributed by atoms with Crippen LogP contribution in [0, 0.1) is 5.82 Å². The van der Waals surface area contributed by atoms with Crippen LogP contribution >= 0.6 is 24.8 Å². The van der Waals surface area contributed by atoms with Crippen molar-refractivity contribution < 1.29 is 9.13 Å². The minimum Gasteiger partial charge on any atom is -0.496 e. The first-order valence-corrected chi connectivity index (χ1v) is 6.66. The summed E-state index contributed by atoms with van der Waals surface area (Å²) < 4.78 is 19.5. The van der Waals surface area contributed by atoms with Gasteiger partial charge in [-0.2, -0.15) is 0 Å². The third kappa shape index (κ3) is 4.85. The molecule has 1 N–H and O–H groups in total. The maximum Gasteiger partial charge on any atom is 0.131 e. The van der Waals surface area contributed by atoms with Crippen molar-refractivity contribution >= 4 is 24.8 Å². The summed E-state index contributed by atoms with van der Waals surface area (Å²) >= 11 is 0. The molecule has 1 atom stereocenters. The lowest BCUT2D eigenvalue weighted by Crippen LogP contribution is -2.45. The molecular weight excluding hydrogens is 314 g/mol. The maximum absolute atomic E-state index is 14.2. The Morgan fingerprint density at radius 1 is 1.38 bits per heavy atom. The smallest absolute Gasteiger partial charge is 0.131 e. The highest BCUT2D eigenvalue weighted by Crippen LogP contribution is 2.34. The van der Waals surface area contributed by atoms with Gasteiger partial charge in [-0.15, -0.1) is 31.4 Å². The van der Waals surface area contributed by atoms with Gasteiger partial charge in [0, 0.05) is 37.8 Å². The Morgan fingerprint density at radius 3 is 2.62 bits per heavy atom. The number of nitrogens with zero attached hydrogens (tertiary/aromatic N) is 1. The first kappa shape index (κ1) is 20.2. The minimum absolute atomic E-state index is 0. The summed E-state index contributed by atoms with van der Waals surface area (Å²) in [5.41, 5.74) is 0.645. The van der Waals surface area contributed by atoms with Gasteiger partial charge >= 0.3 is 0 Å². The second-order valence-corrected chi connectivity index (χ2v) is 4.68. The van der Waals surface area contributed by atoms with Crippen LogP contribution in [0.3, 0.4) is 0 Å². The fourth-order valence-corrected chi connectivity index (χ4v) is 2.62. The fraction of sp³-hybridized carbons (Fsp3) is 0.467. The molecule has 1 aromatic rings. The summed E-state index contributed by atoms with van der Waals surface area (Å²) in [5.74, 6) is 0.412. The van der Waals surface area contributed by atoms with Crippen molar-refractivity contribution in [1.29, 1.82) is 0 Å². The van der Waals surface area contributed by atoms with Gasteiger partial charge in [-0.1, -0.05) is 12.1 Å². The van der Waals surface area contributed by atoms with Gasteiger partial charge in [-0.3, -0.25) is 4.90 Å². The largest absolute Gasteiger partial charge is 0.496 e. The van der Waals surface area contributed by atoms with E-state index in [0.29, 0.717) is 11.3 Å². The molecule has 0 aromatic heterocycles. The van der Waals surface area contributed by atoms with E-state index >= 15 is 0 Å². The van der Waals surface area contributed by atoms with Crippen molar-refractivity contribution in [3.63, 3.8) is 0 Å². The van der Waals surface area contributed by atoms with Crippen LogP contribution in [0.4, 0.5) is 4.39 Å². The quantitative estimate of drug-likeness (QED) is 0.835. The molecule has 0 amide bonds. The van der Waals surface area contributed by atoms with Crippen LogP contribution in [0.2, 0.25) is 0 Å². The normalized spacial score (nSPS) is 16.3. The molecule has 21 heavy (non-hydrogen) atoms. The van der Waals surface area contributed by atoms with Gasteiger partial charge < -0.3 is 10.1 Å². The van der Waals surface area contributed by atoms with Crippen LogP contribution in [0.15, 0.2) is 30.9 Å². The summed E-state index contributed by atoms with van der Waals surface area (Å²) in [4.78, 5) is 2.29. The predicted molar refractivity (Wildman–Crippen MR) is 89.4 cm³/mol. The lowest BCUT2D eigenvalue weighted by Gasteiger charge is -2.35. The van der Waals surface area contributed by atoms with E-state index in [4.69, 9.17) is 4.74 Å². The molecule has 0 radical (unpaired) electrons. The van der Waals surface area contributed by atoms with Gasteiger partial charge in [0.2, 0.25) is 0 Å². The molecule has 0 spiro atoms. The van der Waals surface area contributed by atoms with Crippen LogP contribution < -0.4 is 10.1 Å². The Bertz CT molecular complexity index is 440. The van der Waals surface area contributed by atoms with E-state index in [9.17, 15) is 4.39 Å². The third-order valence-corrected chi connectivity index (χ3v) is 3.55. The number of nitrogens with one attached hydrogen (secondary N) is 1. The highest BCUT2D eigenvalue weighted by Gasteiger charge is 2.26. The molecule has 0 saturated carbocycles. The summed E-state index contributed by atoms with van der Waals surface area (Å²) in [6.45, 7) is 7.50. The third-order valence-electron chi connectivity index (χ3n) is 3.55. The molecule has 1 aliphatic rings. The minimum atomic E-state index is -0.204. The molecule has 3 nitrogen and oxygen atoms in total. The Hall–Kier alpha value is -0.810. The molecule has 0 bridgehead atoms. The Labute approximate surface area is 138 Å². The number of ether oxygens (including phenoxy) is 1. The first-order chi connectivity index (χ1) is 9.27. The van der Waals surface area contributed by atoms with Crippen LogP contribution in [0.5, 0.6) is 5.75 Å². The van der Waals surface area contributed by atoms with Crippen molar-refractivity contribution in [2.24, 2.45) is 0 Å². The molecule has 1 saturated heterocycles. The average Bonchev–Trinajstić information content (AvgIpc) is 2.46. The second kappa shape index (κ2) is 10.0. The van der Waals surface area contributed by atoms with Crippen LogP contribution in [0.25, 0.3) is 0 Å². The Balaban J connectivity index is 0.00000200. The van der Waals surface area contributed by atoms with Crippen LogP contribution in [-0.2, 0) is 0 Å². The van der Waals surface area contributed by atoms with E-state index < -0.39 is 0 Å². The summed E-state index contributed by atoms with van der Waals surface area (Å²) in [6, 6.07) is 4.99. The van der Waals surface area contributed by atoms with E-state index in [-0.39, 0.29) is 36.7 Å². The summed E-state index contributed by atoms with van der Waals surface area (Å²) in [6.07, 6.45) is 2.57. The highest BCUT2D eigenvalue weighted by molar-refractivity contribution is 5.85. The lowest BCUT2D eigenvalue weighted by atomic mass is 9.99. The zero-order valence-corrected chi connectivity index (χ0v) is 13.8. The van der Waals surface area contributed by atoms with Crippen molar-refractivity contribution in [2.45, 2.75) is 12.5 Å². The molecule has 0 aliphatic carbocycles. The number of hydrogen-bond donors (Lipinski definition) is 1. The molecule has 2 rings (SSSR count). The van der Waals surface area contributed by atoms with Crippen molar-refractivity contribution in [3.8, 4) is 5.75 Å². The zero-order chi connectivity index (χ0) is 13.7. The molecule has 120 valence electrons. The monoisotopic (exact) mass is 336 g/mol. The van der Waals surface area contributed by atoms with Crippen LogP contribution in [-0.4, -0.2) is 38.2 Å². The van der Waals surface area contributed by atoms with E-state index in [0.717, 1.165) is 32.6 Å². The second-order valence-electron chi connectivity index (χ2n) is 4.68. The number of benzene rings is 1.